The monoisotopic (exact) mass is 228 g/mol. The van der Waals surface area contributed by atoms with Gasteiger partial charge in [-0.15, -0.1) is 0 Å². The molecule has 0 saturated carbocycles. The number of hydrogen-bond acceptors (Lipinski definition) is 3. The molecule has 0 aliphatic heterocycles. The third-order valence-corrected chi connectivity index (χ3v) is 1.91. The van der Waals surface area contributed by atoms with Crippen LogP contribution in [0.1, 0.15) is 26.7 Å². The number of ether oxygens (including phenoxy) is 1. The number of nitrogens with one attached hydrogen (secondary N) is 2. The van der Waals surface area contributed by atoms with Crippen molar-refractivity contribution in [2.24, 2.45) is 0 Å². The van der Waals surface area contributed by atoms with Crippen LogP contribution in [0.5, 0.6) is 0 Å². The minimum Gasteiger partial charge on any atom is -0.376 e. The minimum absolute atomic E-state index is 0.0494. The molecule has 0 spiro atoms. The number of hydrogen-bond donors (Lipinski definition) is 2. The molecule has 4 heteroatoms. The molecule has 0 aliphatic carbocycles. The Hall–Kier alpha value is -0.870. The van der Waals surface area contributed by atoms with Gasteiger partial charge < -0.3 is 15.4 Å². The molecule has 2 N–H and O–H groups in total. The Labute approximate surface area is 98.4 Å². The maximum atomic E-state index is 11.2. The summed E-state index contributed by atoms with van der Waals surface area (Å²) >= 11 is 0. The molecule has 4 nitrogen and oxygen atoms in total. The SMILES string of the molecule is C=C(C)COCCNCC(=O)NCCCC. The van der Waals surface area contributed by atoms with E-state index in [2.05, 4.69) is 24.1 Å². The smallest absolute Gasteiger partial charge is 0.233 e. The molecule has 0 rings (SSSR count). The molecule has 0 aromatic heterocycles. The van der Waals surface area contributed by atoms with Gasteiger partial charge in [-0.1, -0.05) is 25.5 Å². The Morgan fingerprint density at radius 2 is 2.12 bits per heavy atom. The van der Waals surface area contributed by atoms with Crippen molar-refractivity contribution in [3.05, 3.63) is 12.2 Å². The molecule has 0 aromatic carbocycles. The largest absolute Gasteiger partial charge is 0.376 e. The topological polar surface area (TPSA) is 50.4 Å². The van der Waals surface area contributed by atoms with Crippen LogP contribution in [0.2, 0.25) is 0 Å². The van der Waals surface area contributed by atoms with Crippen LogP contribution in [0, 0.1) is 0 Å². The molecule has 0 heterocycles. The summed E-state index contributed by atoms with van der Waals surface area (Å²) in [6.07, 6.45) is 2.13. The summed E-state index contributed by atoms with van der Waals surface area (Å²) in [5.41, 5.74) is 1.01. The summed E-state index contributed by atoms with van der Waals surface area (Å²) in [6.45, 7) is 10.8. The van der Waals surface area contributed by atoms with Gasteiger partial charge in [0.1, 0.15) is 0 Å². The third-order valence-electron chi connectivity index (χ3n) is 1.91. The predicted molar refractivity (Wildman–Crippen MR) is 66.4 cm³/mol. The van der Waals surface area contributed by atoms with E-state index >= 15 is 0 Å². The van der Waals surface area contributed by atoms with Crippen LogP contribution < -0.4 is 10.6 Å². The van der Waals surface area contributed by atoms with E-state index < -0.39 is 0 Å². The van der Waals surface area contributed by atoms with Crippen molar-refractivity contribution >= 4 is 5.91 Å². The van der Waals surface area contributed by atoms with Gasteiger partial charge in [-0.2, -0.15) is 0 Å². The first kappa shape index (κ1) is 15.1. The van der Waals surface area contributed by atoms with Crippen LogP contribution in [-0.4, -0.2) is 38.8 Å². The molecule has 0 radical (unpaired) electrons. The molecule has 0 unspecified atom stereocenters. The number of carbonyl (C=O) groups excluding carboxylic acids is 1. The fraction of sp³-hybridized carbons (Fsp3) is 0.750. The van der Waals surface area contributed by atoms with Crippen molar-refractivity contribution in [2.75, 3.05) is 32.8 Å². The van der Waals surface area contributed by atoms with E-state index in [1.165, 1.54) is 0 Å². The Morgan fingerprint density at radius 3 is 2.75 bits per heavy atom. The van der Waals surface area contributed by atoms with Crippen molar-refractivity contribution < 1.29 is 9.53 Å². The first-order valence-electron chi connectivity index (χ1n) is 5.86. The van der Waals surface area contributed by atoms with E-state index in [-0.39, 0.29) is 5.91 Å². The molecule has 0 aromatic rings. The molecular formula is C12H24N2O2. The number of amides is 1. The van der Waals surface area contributed by atoms with E-state index in [1.54, 1.807) is 0 Å². The molecule has 0 saturated heterocycles. The minimum atomic E-state index is 0.0494. The summed E-state index contributed by atoms with van der Waals surface area (Å²) in [5, 5.41) is 5.86. The van der Waals surface area contributed by atoms with Crippen LogP contribution >= 0.6 is 0 Å². The first-order chi connectivity index (χ1) is 7.66. The van der Waals surface area contributed by atoms with Gasteiger partial charge in [0.15, 0.2) is 0 Å². The van der Waals surface area contributed by atoms with E-state index in [1.807, 2.05) is 6.92 Å². The van der Waals surface area contributed by atoms with Crippen LogP contribution in [0.25, 0.3) is 0 Å². The summed E-state index contributed by atoms with van der Waals surface area (Å²) < 4.78 is 5.28. The maximum Gasteiger partial charge on any atom is 0.233 e. The Bertz CT molecular complexity index is 205. The number of unbranched alkanes of at least 4 members (excludes halogenated alkanes) is 1. The second-order valence-corrected chi connectivity index (χ2v) is 3.89. The maximum absolute atomic E-state index is 11.2. The second kappa shape index (κ2) is 10.6. The zero-order valence-electron chi connectivity index (χ0n) is 10.5. The van der Waals surface area contributed by atoms with Crippen LogP contribution in [-0.2, 0) is 9.53 Å². The van der Waals surface area contributed by atoms with E-state index in [9.17, 15) is 4.79 Å². The van der Waals surface area contributed by atoms with Gasteiger partial charge in [-0.05, 0) is 13.3 Å². The fourth-order valence-corrected chi connectivity index (χ4v) is 1.06. The lowest BCUT2D eigenvalue weighted by Gasteiger charge is -2.06. The number of carbonyl (C=O) groups is 1. The average Bonchev–Trinajstić information content (AvgIpc) is 2.23. The van der Waals surface area contributed by atoms with Gasteiger partial charge in [0.25, 0.3) is 0 Å². The van der Waals surface area contributed by atoms with Crippen LogP contribution in [0.15, 0.2) is 12.2 Å². The van der Waals surface area contributed by atoms with Crippen molar-refractivity contribution in [3.8, 4) is 0 Å². The highest BCUT2D eigenvalue weighted by molar-refractivity contribution is 5.77. The number of rotatable bonds is 10. The van der Waals surface area contributed by atoms with Crippen molar-refractivity contribution in [1.82, 2.24) is 10.6 Å². The van der Waals surface area contributed by atoms with Gasteiger partial charge in [-0.25, -0.2) is 0 Å². The van der Waals surface area contributed by atoms with Crippen molar-refractivity contribution in [3.63, 3.8) is 0 Å². The summed E-state index contributed by atoms with van der Waals surface area (Å²) in [5.74, 6) is 0.0494. The van der Waals surface area contributed by atoms with Gasteiger partial charge >= 0.3 is 0 Å². The lowest BCUT2D eigenvalue weighted by atomic mass is 10.3. The van der Waals surface area contributed by atoms with E-state index in [4.69, 9.17) is 4.74 Å². The fourth-order valence-electron chi connectivity index (χ4n) is 1.06. The molecule has 16 heavy (non-hydrogen) atoms. The van der Waals surface area contributed by atoms with E-state index in [0.717, 1.165) is 25.0 Å². The highest BCUT2D eigenvalue weighted by atomic mass is 16.5. The molecule has 94 valence electrons. The highest BCUT2D eigenvalue weighted by Gasteiger charge is 1.98. The molecule has 0 atom stereocenters. The van der Waals surface area contributed by atoms with Gasteiger partial charge in [0.2, 0.25) is 5.91 Å². The predicted octanol–water partition coefficient (Wildman–Crippen LogP) is 1.08. The zero-order chi connectivity index (χ0) is 12.2. The zero-order valence-corrected chi connectivity index (χ0v) is 10.5. The molecular weight excluding hydrogens is 204 g/mol. The summed E-state index contributed by atoms with van der Waals surface area (Å²) in [6, 6.07) is 0. The Balaban J connectivity index is 3.18. The molecule has 1 amide bonds. The van der Waals surface area contributed by atoms with Crippen LogP contribution in [0.4, 0.5) is 0 Å². The van der Waals surface area contributed by atoms with Gasteiger partial charge in [-0.3, -0.25) is 4.79 Å². The lowest BCUT2D eigenvalue weighted by Crippen LogP contribution is -2.35. The summed E-state index contributed by atoms with van der Waals surface area (Å²) in [7, 11) is 0. The molecule has 0 bridgehead atoms. The normalized spacial score (nSPS) is 10.1. The van der Waals surface area contributed by atoms with Gasteiger partial charge in [0, 0.05) is 13.1 Å². The quantitative estimate of drug-likeness (QED) is 0.434. The van der Waals surface area contributed by atoms with E-state index in [0.29, 0.717) is 26.3 Å². The average molecular weight is 228 g/mol. The van der Waals surface area contributed by atoms with Crippen LogP contribution in [0.3, 0.4) is 0 Å². The van der Waals surface area contributed by atoms with Gasteiger partial charge in [0.05, 0.1) is 19.8 Å². The summed E-state index contributed by atoms with van der Waals surface area (Å²) in [4.78, 5) is 11.2. The molecule has 0 fully saturated rings. The lowest BCUT2D eigenvalue weighted by molar-refractivity contribution is -0.120. The Kier molecular flexibility index (Phi) is 10.1. The van der Waals surface area contributed by atoms with Crippen molar-refractivity contribution in [1.29, 1.82) is 0 Å². The second-order valence-electron chi connectivity index (χ2n) is 3.89. The highest BCUT2D eigenvalue weighted by Crippen LogP contribution is 1.86. The molecule has 0 aliphatic rings. The Morgan fingerprint density at radius 1 is 1.38 bits per heavy atom. The van der Waals surface area contributed by atoms with Crippen molar-refractivity contribution in [2.45, 2.75) is 26.7 Å². The standard InChI is InChI=1S/C12H24N2O2/c1-4-5-6-14-12(15)9-13-7-8-16-10-11(2)3/h13H,2,4-10H2,1,3H3,(H,14,15). The first-order valence-corrected chi connectivity index (χ1v) is 5.86. The third kappa shape index (κ3) is 11.2.